The molecule has 33 heavy (non-hydrogen) atoms. The maximum atomic E-state index is 5.58. The van der Waals surface area contributed by atoms with Gasteiger partial charge in [-0.2, -0.15) is 0 Å². The molecule has 0 amide bonds. The van der Waals surface area contributed by atoms with E-state index in [9.17, 15) is 0 Å². The number of morpholine rings is 1. The van der Waals surface area contributed by atoms with Crippen LogP contribution in [0.5, 0.6) is 11.5 Å². The van der Waals surface area contributed by atoms with Gasteiger partial charge in [0.05, 0.1) is 39.4 Å². The van der Waals surface area contributed by atoms with Crippen LogP contribution >= 0.6 is 11.3 Å². The summed E-state index contributed by atoms with van der Waals surface area (Å²) in [5.74, 6) is 3.63. The van der Waals surface area contributed by atoms with Crippen LogP contribution in [-0.2, 0) is 37.1 Å². The highest BCUT2D eigenvalue weighted by molar-refractivity contribution is 7.19. The molecule has 4 heterocycles. The summed E-state index contributed by atoms with van der Waals surface area (Å²) in [6.45, 7) is 6.00. The first kappa shape index (κ1) is 21.1. The van der Waals surface area contributed by atoms with Crippen LogP contribution in [0.2, 0.25) is 0 Å². The molecule has 0 saturated carbocycles. The average molecular weight is 467 g/mol. The van der Waals surface area contributed by atoms with Crippen LogP contribution in [0, 0.1) is 0 Å². The maximum absolute atomic E-state index is 5.58. The summed E-state index contributed by atoms with van der Waals surface area (Å²) in [6, 6.07) is 4.26. The van der Waals surface area contributed by atoms with Gasteiger partial charge in [-0.3, -0.25) is 4.90 Å². The number of nitrogens with zero attached hydrogens (tertiary/aromatic N) is 4. The van der Waals surface area contributed by atoms with Crippen molar-refractivity contribution < 1.29 is 14.2 Å². The second kappa shape index (κ2) is 8.74. The normalized spacial score (nSPS) is 18.4. The molecular formula is C25H30N4O3S. The van der Waals surface area contributed by atoms with Crippen LogP contribution in [0.1, 0.15) is 33.8 Å². The molecule has 0 unspecified atom stereocenters. The molecule has 0 N–H and O–H groups in total. The van der Waals surface area contributed by atoms with E-state index in [4.69, 9.17) is 24.2 Å². The average Bonchev–Trinajstić information content (AvgIpc) is 3.44. The second-order valence-corrected chi connectivity index (χ2v) is 10.1. The highest BCUT2D eigenvalue weighted by atomic mass is 32.1. The van der Waals surface area contributed by atoms with Gasteiger partial charge in [0.25, 0.3) is 0 Å². The second-order valence-electron chi connectivity index (χ2n) is 9.04. The van der Waals surface area contributed by atoms with Gasteiger partial charge in [-0.1, -0.05) is 0 Å². The Labute approximate surface area is 198 Å². The number of methoxy groups -OCH3 is 2. The third-order valence-electron chi connectivity index (χ3n) is 7.08. The number of anilines is 1. The van der Waals surface area contributed by atoms with Crippen molar-refractivity contribution >= 4 is 27.4 Å². The molecule has 174 valence electrons. The van der Waals surface area contributed by atoms with Crippen LogP contribution in [-0.4, -0.2) is 61.9 Å². The summed E-state index contributed by atoms with van der Waals surface area (Å²) in [7, 11) is 3.40. The van der Waals surface area contributed by atoms with Crippen LogP contribution in [0.3, 0.4) is 0 Å². The van der Waals surface area contributed by atoms with E-state index >= 15 is 0 Å². The third kappa shape index (κ3) is 3.84. The molecule has 3 aromatic rings. The number of thiophene rings is 1. The summed E-state index contributed by atoms with van der Waals surface area (Å²) in [5.41, 5.74) is 4.10. The Morgan fingerprint density at radius 1 is 0.970 bits per heavy atom. The van der Waals surface area contributed by atoms with E-state index in [-0.39, 0.29) is 0 Å². The van der Waals surface area contributed by atoms with Crippen LogP contribution in [0.15, 0.2) is 12.1 Å². The lowest BCUT2D eigenvalue weighted by Gasteiger charge is -2.32. The van der Waals surface area contributed by atoms with Crippen molar-refractivity contribution in [2.45, 2.75) is 38.8 Å². The summed E-state index contributed by atoms with van der Waals surface area (Å²) < 4.78 is 16.6. The highest BCUT2D eigenvalue weighted by Crippen LogP contribution is 2.42. The van der Waals surface area contributed by atoms with Crippen LogP contribution in [0.25, 0.3) is 10.2 Å². The van der Waals surface area contributed by atoms with E-state index in [0.717, 1.165) is 86.8 Å². The molecule has 1 aliphatic carbocycles. The van der Waals surface area contributed by atoms with Crippen molar-refractivity contribution in [2.24, 2.45) is 0 Å². The van der Waals surface area contributed by atoms with E-state index in [1.54, 1.807) is 14.2 Å². The quantitative estimate of drug-likeness (QED) is 0.569. The third-order valence-corrected chi connectivity index (χ3v) is 8.26. The fraction of sp³-hybridized carbons (Fsp3) is 0.520. The number of fused-ring (bicyclic) bond motifs is 4. The largest absolute Gasteiger partial charge is 0.493 e. The smallest absolute Gasteiger partial charge is 0.161 e. The van der Waals surface area contributed by atoms with Gasteiger partial charge in [0.2, 0.25) is 0 Å². The summed E-state index contributed by atoms with van der Waals surface area (Å²) in [5, 5.41) is 1.29. The number of benzene rings is 1. The Morgan fingerprint density at radius 3 is 2.55 bits per heavy atom. The zero-order chi connectivity index (χ0) is 22.4. The van der Waals surface area contributed by atoms with Crippen molar-refractivity contribution in [3.05, 3.63) is 39.5 Å². The number of aromatic nitrogens is 2. The van der Waals surface area contributed by atoms with Crippen molar-refractivity contribution in [3.8, 4) is 11.5 Å². The van der Waals surface area contributed by atoms with Crippen molar-refractivity contribution in [1.82, 2.24) is 14.9 Å². The minimum Gasteiger partial charge on any atom is -0.493 e. The Morgan fingerprint density at radius 2 is 1.76 bits per heavy atom. The zero-order valence-electron chi connectivity index (χ0n) is 19.4. The Hall–Kier alpha value is -2.42. The first-order valence-corrected chi connectivity index (χ1v) is 12.6. The zero-order valence-corrected chi connectivity index (χ0v) is 20.2. The van der Waals surface area contributed by atoms with Crippen molar-refractivity contribution in [2.75, 3.05) is 52.0 Å². The number of rotatable bonds is 5. The number of aryl methyl sites for hydroxylation is 2. The van der Waals surface area contributed by atoms with Gasteiger partial charge in [0.15, 0.2) is 11.5 Å². The molecule has 1 aromatic carbocycles. The van der Waals surface area contributed by atoms with E-state index < -0.39 is 0 Å². The topological polar surface area (TPSA) is 60.0 Å². The first-order chi connectivity index (χ1) is 16.2. The van der Waals surface area contributed by atoms with Gasteiger partial charge in [-0.15, -0.1) is 11.3 Å². The summed E-state index contributed by atoms with van der Waals surface area (Å²) in [6.07, 6.45) is 4.52. The van der Waals surface area contributed by atoms with E-state index in [0.29, 0.717) is 0 Å². The van der Waals surface area contributed by atoms with Crippen LogP contribution < -0.4 is 14.4 Å². The van der Waals surface area contributed by atoms with Crippen molar-refractivity contribution in [1.29, 1.82) is 0 Å². The molecule has 6 rings (SSSR count). The van der Waals surface area contributed by atoms with Gasteiger partial charge >= 0.3 is 0 Å². The minimum absolute atomic E-state index is 0.782. The molecule has 2 aromatic heterocycles. The molecule has 1 saturated heterocycles. The number of hydrogen-bond acceptors (Lipinski definition) is 8. The van der Waals surface area contributed by atoms with E-state index in [1.165, 1.54) is 39.8 Å². The highest BCUT2D eigenvalue weighted by Gasteiger charge is 2.28. The van der Waals surface area contributed by atoms with Crippen molar-refractivity contribution in [3.63, 3.8) is 0 Å². The fourth-order valence-electron chi connectivity index (χ4n) is 5.34. The molecule has 0 bridgehead atoms. The molecule has 7 nitrogen and oxygen atoms in total. The fourth-order valence-corrected chi connectivity index (χ4v) is 6.62. The molecule has 3 aliphatic rings. The lowest BCUT2D eigenvalue weighted by Crippen LogP contribution is -2.36. The first-order valence-electron chi connectivity index (χ1n) is 11.8. The predicted octanol–water partition coefficient (Wildman–Crippen LogP) is 3.59. The number of hydrogen-bond donors (Lipinski definition) is 0. The van der Waals surface area contributed by atoms with Gasteiger partial charge < -0.3 is 19.1 Å². The van der Waals surface area contributed by atoms with Crippen LogP contribution in [0.4, 0.5) is 5.82 Å². The van der Waals surface area contributed by atoms with Gasteiger partial charge in [0, 0.05) is 31.1 Å². The lowest BCUT2D eigenvalue weighted by atomic mass is 9.98. The van der Waals surface area contributed by atoms with Gasteiger partial charge in [-0.05, 0) is 54.5 Å². The molecule has 0 atom stereocenters. The summed E-state index contributed by atoms with van der Waals surface area (Å²) >= 11 is 1.88. The van der Waals surface area contributed by atoms with E-state index in [1.807, 2.05) is 11.3 Å². The SMILES string of the molecule is COc1cc2c(cc1OC)CN(c1nc(CN3CCOCC3)nc3sc4c(c13)CCC4)CC2. The minimum atomic E-state index is 0.782. The maximum Gasteiger partial charge on any atom is 0.161 e. The standard InChI is InChI=1S/C25H30N4O3S/c1-30-19-12-16-6-7-29(14-17(16)13-20(19)31-2)24-23-18-4-3-5-21(18)33-25(23)27-22(26-24)15-28-8-10-32-11-9-28/h12-13H,3-11,14-15H2,1-2H3. The molecule has 8 heteroatoms. The van der Waals surface area contributed by atoms with E-state index in [2.05, 4.69) is 21.9 Å². The molecule has 0 spiro atoms. The lowest BCUT2D eigenvalue weighted by molar-refractivity contribution is 0.0331. The Bertz CT molecular complexity index is 1190. The monoisotopic (exact) mass is 466 g/mol. The molecule has 0 radical (unpaired) electrons. The predicted molar refractivity (Wildman–Crippen MR) is 130 cm³/mol. The van der Waals surface area contributed by atoms with Gasteiger partial charge in [-0.25, -0.2) is 9.97 Å². The Kier molecular flexibility index (Phi) is 5.60. The van der Waals surface area contributed by atoms with Gasteiger partial charge in [0.1, 0.15) is 16.5 Å². The Balaban J connectivity index is 1.39. The molecule has 1 fully saturated rings. The molecular weight excluding hydrogens is 436 g/mol. The number of ether oxygens (including phenoxy) is 3. The molecule has 2 aliphatic heterocycles. The summed E-state index contributed by atoms with van der Waals surface area (Å²) in [4.78, 5) is 17.8.